The van der Waals surface area contributed by atoms with E-state index < -0.39 is 0 Å². The molecule has 1 amide bonds. The summed E-state index contributed by atoms with van der Waals surface area (Å²) in [5.41, 5.74) is 0.995. The number of carbonyl (C=O) groups is 1. The molecule has 0 aliphatic heterocycles. The van der Waals surface area contributed by atoms with Gasteiger partial charge in [0.05, 0.1) is 0 Å². The Kier molecular flexibility index (Phi) is 4.64. The zero-order chi connectivity index (χ0) is 16.4. The van der Waals surface area contributed by atoms with Gasteiger partial charge in [-0.05, 0) is 44.4 Å². The number of aromatic nitrogens is 1. The highest BCUT2D eigenvalue weighted by atomic mass is 16.5. The van der Waals surface area contributed by atoms with Crippen LogP contribution in [0, 0.1) is 11.3 Å². The molecule has 2 saturated carbocycles. The Morgan fingerprint density at radius 3 is 2.58 bits per heavy atom. The molecule has 4 rings (SSSR count). The summed E-state index contributed by atoms with van der Waals surface area (Å²) in [4.78, 5) is 13.3. The number of aryl methyl sites for hydroxylation is 1. The molecule has 1 aromatic rings. The Morgan fingerprint density at radius 2 is 1.79 bits per heavy atom. The molecule has 24 heavy (non-hydrogen) atoms. The maximum atomic E-state index is 13.3. The number of amides is 1. The van der Waals surface area contributed by atoms with Crippen LogP contribution in [0.15, 0.2) is 4.52 Å². The summed E-state index contributed by atoms with van der Waals surface area (Å²) in [5.74, 6) is 2.67. The van der Waals surface area contributed by atoms with Crippen LogP contribution < -0.4 is 5.32 Å². The third-order valence-corrected chi connectivity index (χ3v) is 6.63. The molecule has 3 aliphatic rings. The van der Waals surface area contributed by atoms with Crippen LogP contribution in [0.3, 0.4) is 0 Å². The van der Waals surface area contributed by atoms with E-state index in [1.807, 2.05) is 0 Å². The molecule has 0 unspecified atom stereocenters. The zero-order valence-electron chi connectivity index (χ0n) is 14.7. The van der Waals surface area contributed by atoms with Gasteiger partial charge in [0, 0.05) is 17.4 Å². The topological polar surface area (TPSA) is 55.1 Å². The number of nitrogens with one attached hydrogen (secondary N) is 1. The molecule has 3 aliphatic carbocycles. The van der Waals surface area contributed by atoms with Crippen molar-refractivity contribution in [1.29, 1.82) is 0 Å². The van der Waals surface area contributed by atoms with Gasteiger partial charge in [0.15, 0.2) is 5.82 Å². The van der Waals surface area contributed by atoms with Crippen molar-refractivity contribution in [2.24, 2.45) is 11.3 Å². The zero-order valence-corrected chi connectivity index (χ0v) is 14.7. The van der Waals surface area contributed by atoms with E-state index in [0.29, 0.717) is 5.82 Å². The fourth-order valence-electron chi connectivity index (χ4n) is 5.24. The van der Waals surface area contributed by atoms with E-state index >= 15 is 0 Å². The van der Waals surface area contributed by atoms with Crippen LogP contribution in [0.1, 0.15) is 88.4 Å². The Hall–Kier alpha value is -1.32. The maximum Gasteiger partial charge on any atom is 0.231 e. The Bertz CT molecular complexity index is 580. The SMILES string of the molecule is O=C(Nc1noc2c1CCCC2)C1(CC2CCCC2)CCCCC1. The van der Waals surface area contributed by atoms with Crippen LogP contribution in [0.2, 0.25) is 0 Å². The van der Waals surface area contributed by atoms with Gasteiger partial charge in [0.25, 0.3) is 0 Å². The van der Waals surface area contributed by atoms with Crippen molar-refractivity contribution in [3.8, 4) is 0 Å². The van der Waals surface area contributed by atoms with Gasteiger partial charge >= 0.3 is 0 Å². The first-order chi connectivity index (χ1) is 11.8. The third kappa shape index (κ3) is 3.12. The minimum Gasteiger partial charge on any atom is -0.359 e. The van der Waals surface area contributed by atoms with E-state index in [4.69, 9.17) is 4.52 Å². The van der Waals surface area contributed by atoms with Gasteiger partial charge in [-0.2, -0.15) is 0 Å². The van der Waals surface area contributed by atoms with Crippen molar-refractivity contribution in [3.63, 3.8) is 0 Å². The number of hydrogen-bond acceptors (Lipinski definition) is 3. The highest BCUT2D eigenvalue weighted by Crippen LogP contribution is 2.46. The maximum absolute atomic E-state index is 13.3. The second-order valence-electron chi connectivity index (χ2n) is 8.29. The minimum absolute atomic E-state index is 0.159. The number of fused-ring (bicyclic) bond motifs is 1. The smallest absolute Gasteiger partial charge is 0.231 e. The average Bonchev–Trinajstić information content (AvgIpc) is 3.26. The molecule has 0 aromatic carbocycles. The van der Waals surface area contributed by atoms with E-state index in [1.165, 1.54) is 57.8 Å². The van der Waals surface area contributed by atoms with Crippen molar-refractivity contribution in [2.45, 2.75) is 89.9 Å². The summed E-state index contributed by atoms with van der Waals surface area (Å²) >= 11 is 0. The van der Waals surface area contributed by atoms with Gasteiger partial charge in [-0.1, -0.05) is 50.1 Å². The molecule has 0 bridgehead atoms. The summed E-state index contributed by atoms with van der Waals surface area (Å²) in [7, 11) is 0. The van der Waals surface area contributed by atoms with Crippen LogP contribution in [-0.4, -0.2) is 11.1 Å². The summed E-state index contributed by atoms with van der Waals surface area (Å²) < 4.78 is 5.48. The first kappa shape index (κ1) is 16.2. The van der Waals surface area contributed by atoms with Crippen molar-refractivity contribution < 1.29 is 9.32 Å². The molecule has 0 atom stereocenters. The molecule has 1 N–H and O–H groups in total. The van der Waals surface area contributed by atoms with E-state index in [2.05, 4.69) is 10.5 Å². The van der Waals surface area contributed by atoms with E-state index in [1.54, 1.807) is 0 Å². The van der Waals surface area contributed by atoms with Crippen LogP contribution in [0.4, 0.5) is 5.82 Å². The lowest BCUT2D eigenvalue weighted by atomic mass is 9.68. The summed E-state index contributed by atoms with van der Waals surface area (Å²) in [6.07, 6.45) is 16.5. The van der Waals surface area contributed by atoms with Crippen molar-refractivity contribution >= 4 is 11.7 Å². The van der Waals surface area contributed by atoms with Crippen LogP contribution in [-0.2, 0) is 17.6 Å². The normalized spacial score (nSPS) is 23.8. The fraction of sp³-hybridized carbons (Fsp3) is 0.800. The lowest BCUT2D eigenvalue weighted by Crippen LogP contribution is -2.39. The number of rotatable bonds is 4. The monoisotopic (exact) mass is 330 g/mol. The molecule has 132 valence electrons. The number of hydrogen-bond donors (Lipinski definition) is 1. The predicted octanol–water partition coefficient (Wildman–Crippen LogP) is 5.02. The molecular formula is C20H30N2O2. The Labute approximate surface area is 144 Å². The van der Waals surface area contributed by atoms with Gasteiger partial charge in [-0.25, -0.2) is 0 Å². The summed E-state index contributed by atoms with van der Waals surface area (Å²) in [5, 5.41) is 7.38. The summed E-state index contributed by atoms with van der Waals surface area (Å²) in [6.45, 7) is 0. The standard InChI is InChI=1S/C20H30N2O2/c23-19(21-18-16-10-4-5-11-17(16)24-22-18)20(12-6-1-7-13-20)14-15-8-2-3-9-15/h15H,1-14H2,(H,21,22,23). The molecule has 0 spiro atoms. The van der Waals surface area contributed by atoms with Crippen molar-refractivity contribution in [3.05, 3.63) is 11.3 Å². The van der Waals surface area contributed by atoms with Gasteiger partial charge in [-0.15, -0.1) is 0 Å². The Balaban J connectivity index is 1.51. The number of anilines is 1. The fourth-order valence-corrected chi connectivity index (χ4v) is 5.24. The van der Waals surface area contributed by atoms with E-state index in [0.717, 1.165) is 49.3 Å². The molecule has 4 heteroatoms. The van der Waals surface area contributed by atoms with Crippen LogP contribution in [0.25, 0.3) is 0 Å². The third-order valence-electron chi connectivity index (χ3n) is 6.63. The highest BCUT2D eigenvalue weighted by Gasteiger charge is 2.42. The van der Waals surface area contributed by atoms with E-state index in [-0.39, 0.29) is 11.3 Å². The molecule has 2 fully saturated rings. The number of nitrogens with zero attached hydrogens (tertiary/aromatic N) is 1. The largest absolute Gasteiger partial charge is 0.359 e. The van der Waals surface area contributed by atoms with Gasteiger partial charge in [0.1, 0.15) is 5.76 Å². The molecule has 1 heterocycles. The van der Waals surface area contributed by atoms with Crippen molar-refractivity contribution in [1.82, 2.24) is 5.16 Å². The van der Waals surface area contributed by atoms with Crippen molar-refractivity contribution in [2.75, 3.05) is 5.32 Å². The lowest BCUT2D eigenvalue weighted by Gasteiger charge is -2.37. The minimum atomic E-state index is -0.159. The van der Waals surface area contributed by atoms with Gasteiger partial charge in [0.2, 0.25) is 5.91 Å². The molecule has 0 saturated heterocycles. The predicted molar refractivity (Wildman–Crippen MR) is 93.9 cm³/mol. The highest BCUT2D eigenvalue weighted by molar-refractivity contribution is 5.95. The number of carbonyl (C=O) groups excluding carboxylic acids is 1. The van der Waals surface area contributed by atoms with Crippen LogP contribution in [0.5, 0.6) is 0 Å². The van der Waals surface area contributed by atoms with Crippen LogP contribution >= 0.6 is 0 Å². The van der Waals surface area contributed by atoms with Gasteiger partial charge < -0.3 is 9.84 Å². The molecule has 4 nitrogen and oxygen atoms in total. The first-order valence-electron chi connectivity index (χ1n) is 10.1. The summed E-state index contributed by atoms with van der Waals surface area (Å²) in [6, 6.07) is 0. The second-order valence-corrected chi connectivity index (χ2v) is 8.29. The first-order valence-corrected chi connectivity index (χ1v) is 10.1. The Morgan fingerprint density at radius 1 is 1.04 bits per heavy atom. The average molecular weight is 330 g/mol. The molecule has 1 aromatic heterocycles. The second kappa shape index (κ2) is 6.89. The lowest BCUT2D eigenvalue weighted by molar-refractivity contribution is -0.128. The van der Waals surface area contributed by atoms with Gasteiger partial charge in [-0.3, -0.25) is 4.79 Å². The quantitative estimate of drug-likeness (QED) is 0.843. The molecular weight excluding hydrogens is 300 g/mol. The van der Waals surface area contributed by atoms with E-state index in [9.17, 15) is 4.79 Å². The molecule has 0 radical (unpaired) electrons.